The summed E-state index contributed by atoms with van der Waals surface area (Å²) >= 11 is 0. The van der Waals surface area contributed by atoms with E-state index in [9.17, 15) is 8.78 Å². The van der Waals surface area contributed by atoms with Gasteiger partial charge in [-0.1, -0.05) is 26.0 Å². The van der Waals surface area contributed by atoms with Crippen molar-refractivity contribution in [2.24, 2.45) is 11.7 Å². The summed E-state index contributed by atoms with van der Waals surface area (Å²) in [6.45, 7) is 1.74. The summed E-state index contributed by atoms with van der Waals surface area (Å²) < 4.78 is 29.4. The predicted octanol–water partition coefficient (Wildman–Crippen LogP) is 3.38. The number of imidazole rings is 1. The fourth-order valence-electron chi connectivity index (χ4n) is 2.25. The second kappa shape index (κ2) is 6.67. The van der Waals surface area contributed by atoms with Crippen LogP contribution < -0.4 is 10.5 Å². The first-order valence-corrected chi connectivity index (χ1v) is 6.82. The van der Waals surface area contributed by atoms with E-state index in [0.29, 0.717) is 23.7 Å². The number of nitrogens with one attached hydrogen (secondary N) is 1. The predicted molar refractivity (Wildman–Crippen MR) is 77.3 cm³/mol. The smallest absolute Gasteiger partial charge is 0.387 e. The third-order valence-corrected chi connectivity index (χ3v) is 3.40. The molecular weight excluding hydrogens is 276 g/mol. The van der Waals surface area contributed by atoms with E-state index in [1.54, 1.807) is 24.4 Å². The van der Waals surface area contributed by atoms with E-state index in [1.165, 1.54) is 6.07 Å². The van der Waals surface area contributed by atoms with Gasteiger partial charge in [0.05, 0.1) is 11.9 Å². The van der Waals surface area contributed by atoms with Crippen molar-refractivity contribution in [1.29, 1.82) is 0 Å². The Labute approximate surface area is 122 Å². The standard InChI is InChI=1S/C15H19F2N3O/c1-9(2)11(7-18)14-19-8-12(20-14)10-5-3-4-6-13(10)21-15(16)17/h3-6,8-9,11,15H,7,18H2,1-2H3,(H,19,20). The van der Waals surface area contributed by atoms with Crippen molar-refractivity contribution in [1.82, 2.24) is 9.97 Å². The maximum Gasteiger partial charge on any atom is 0.387 e. The third-order valence-electron chi connectivity index (χ3n) is 3.40. The second-order valence-electron chi connectivity index (χ2n) is 5.14. The number of rotatable bonds is 6. The zero-order chi connectivity index (χ0) is 15.4. The first-order valence-electron chi connectivity index (χ1n) is 6.82. The van der Waals surface area contributed by atoms with Crippen LogP contribution in [0.5, 0.6) is 5.75 Å². The van der Waals surface area contributed by atoms with Gasteiger partial charge in [-0.25, -0.2) is 4.98 Å². The van der Waals surface area contributed by atoms with Gasteiger partial charge in [0.15, 0.2) is 0 Å². The molecule has 0 aliphatic carbocycles. The SMILES string of the molecule is CC(C)C(CN)c1ncc(-c2ccccc2OC(F)F)[nH]1. The Morgan fingerprint density at radius 3 is 2.62 bits per heavy atom. The van der Waals surface area contributed by atoms with E-state index < -0.39 is 6.61 Å². The fourth-order valence-corrected chi connectivity index (χ4v) is 2.25. The van der Waals surface area contributed by atoms with Gasteiger partial charge in [0.2, 0.25) is 0 Å². The van der Waals surface area contributed by atoms with Crippen LogP contribution in [0.25, 0.3) is 11.3 Å². The molecule has 0 aliphatic heterocycles. The number of ether oxygens (including phenoxy) is 1. The van der Waals surface area contributed by atoms with Crippen LogP contribution in [-0.2, 0) is 0 Å². The number of hydrogen-bond acceptors (Lipinski definition) is 3. The third kappa shape index (κ3) is 3.58. The van der Waals surface area contributed by atoms with Crippen molar-refractivity contribution in [2.75, 3.05) is 6.54 Å². The van der Waals surface area contributed by atoms with Gasteiger partial charge in [-0.3, -0.25) is 0 Å². The summed E-state index contributed by atoms with van der Waals surface area (Å²) in [4.78, 5) is 7.49. The first kappa shape index (κ1) is 15.4. The zero-order valence-corrected chi connectivity index (χ0v) is 12.0. The van der Waals surface area contributed by atoms with Gasteiger partial charge in [-0.15, -0.1) is 0 Å². The van der Waals surface area contributed by atoms with Gasteiger partial charge in [0, 0.05) is 18.0 Å². The molecule has 1 aromatic heterocycles. The maximum absolute atomic E-state index is 12.4. The molecule has 2 rings (SSSR count). The average Bonchev–Trinajstić information content (AvgIpc) is 2.88. The Balaban J connectivity index is 2.33. The molecule has 2 aromatic rings. The monoisotopic (exact) mass is 295 g/mol. The van der Waals surface area contributed by atoms with Gasteiger partial charge >= 0.3 is 6.61 Å². The van der Waals surface area contributed by atoms with Crippen molar-refractivity contribution >= 4 is 0 Å². The minimum Gasteiger partial charge on any atom is -0.434 e. The molecule has 1 atom stereocenters. The number of para-hydroxylation sites is 1. The quantitative estimate of drug-likeness (QED) is 0.858. The Morgan fingerprint density at radius 1 is 1.29 bits per heavy atom. The number of hydrogen-bond donors (Lipinski definition) is 2. The molecule has 0 amide bonds. The van der Waals surface area contributed by atoms with Crippen LogP contribution in [-0.4, -0.2) is 23.1 Å². The average molecular weight is 295 g/mol. The van der Waals surface area contributed by atoms with Crippen LogP contribution in [0.15, 0.2) is 30.5 Å². The van der Waals surface area contributed by atoms with E-state index in [0.717, 1.165) is 5.82 Å². The number of benzene rings is 1. The highest BCUT2D eigenvalue weighted by atomic mass is 19.3. The minimum atomic E-state index is -2.86. The minimum absolute atomic E-state index is 0.0990. The molecule has 1 aromatic carbocycles. The van der Waals surface area contributed by atoms with Crippen molar-refractivity contribution < 1.29 is 13.5 Å². The fraction of sp³-hybridized carbons (Fsp3) is 0.400. The van der Waals surface area contributed by atoms with Gasteiger partial charge in [0.1, 0.15) is 11.6 Å². The van der Waals surface area contributed by atoms with Crippen molar-refractivity contribution in [3.63, 3.8) is 0 Å². The number of halogens is 2. The van der Waals surface area contributed by atoms with E-state index in [2.05, 4.69) is 28.6 Å². The van der Waals surface area contributed by atoms with Gasteiger partial charge in [-0.05, 0) is 18.1 Å². The van der Waals surface area contributed by atoms with Crippen LogP contribution in [0.1, 0.15) is 25.6 Å². The largest absolute Gasteiger partial charge is 0.434 e. The summed E-state index contributed by atoms with van der Waals surface area (Å²) in [5.74, 6) is 1.31. The maximum atomic E-state index is 12.4. The van der Waals surface area contributed by atoms with E-state index in [1.807, 2.05) is 0 Å². The molecule has 0 spiro atoms. The molecule has 0 radical (unpaired) electrons. The first-order chi connectivity index (χ1) is 10.0. The lowest BCUT2D eigenvalue weighted by Crippen LogP contribution is -2.19. The van der Waals surface area contributed by atoms with Gasteiger partial charge in [-0.2, -0.15) is 8.78 Å². The molecule has 3 N–H and O–H groups in total. The Bertz CT molecular complexity index is 584. The number of nitrogens with two attached hydrogens (primary N) is 1. The highest BCUT2D eigenvalue weighted by molar-refractivity contribution is 5.66. The highest BCUT2D eigenvalue weighted by Gasteiger charge is 2.19. The number of H-pyrrole nitrogens is 1. The zero-order valence-electron chi connectivity index (χ0n) is 12.0. The lowest BCUT2D eigenvalue weighted by Gasteiger charge is -2.16. The molecule has 0 bridgehead atoms. The summed E-state index contributed by atoms with van der Waals surface area (Å²) in [5, 5.41) is 0. The van der Waals surface area contributed by atoms with E-state index >= 15 is 0 Å². The number of nitrogens with zero attached hydrogens (tertiary/aromatic N) is 1. The summed E-state index contributed by atoms with van der Waals surface area (Å²) in [5.41, 5.74) is 6.96. The van der Waals surface area contributed by atoms with Crippen LogP contribution >= 0.6 is 0 Å². The molecule has 21 heavy (non-hydrogen) atoms. The molecule has 0 fully saturated rings. The molecule has 6 heteroatoms. The topological polar surface area (TPSA) is 63.9 Å². The van der Waals surface area contributed by atoms with Crippen LogP contribution in [0.2, 0.25) is 0 Å². The van der Waals surface area contributed by atoms with Crippen molar-refractivity contribution in [3.8, 4) is 17.0 Å². The number of aromatic nitrogens is 2. The van der Waals surface area contributed by atoms with Crippen molar-refractivity contribution in [2.45, 2.75) is 26.4 Å². The van der Waals surface area contributed by atoms with Crippen LogP contribution in [0.3, 0.4) is 0 Å². The molecule has 4 nitrogen and oxygen atoms in total. The Kier molecular flexibility index (Phi) is 4.90. The van der Waals surface area contributed by atoms with E-state index in [4.69, 9.17) is 5.73 Å². The van der Waals surface area contributed by atoms with Crippen LogP contribution in [0, 0.1) is 5.92 Å². The summed E-state index contributed by atoms with van der Waals surface area (Å²) in [6.07, 6.45) is 1.62. The highest BCUT2D eigenvalue weighted by Crippen LogP contribution is 2.31. The molecule has 1 heterocycles. The summed E-state index contributed by atoms with van der Waals surface area (Å²) in [7, 11) is 0. The molecule has 1 unspecified atom stereocenters. The number of alkyl halides is 2. The number of aromatic amines is 1. The summed E-state index contributed by atoms with van der Waals surface area (Å²) in [6, 6.07) is 6.62. The van der Waals surface area contributed by atoms with Gasteiger partial charge in [0.25, 0.3) is 0 Å². The van der Waals surface area contributed by atoms with E-state index in [-0.39, 0.29) is 11.7 Å². The molecule has 0 saturated heterocycles. The Morgan fingerprint density at radius 2 is 2.00 bits per heavy atom. The lowest BCUT2D eigenvalue weighted by molar-refractivity contribution is -0.0494. The van der Waals surface area contributed by atoms with Gasteiger partial charge < -0.3 is 15.5 Å². The Hall–Kier alpha value is -1.95. The molecule has 0 saturated carbocycles. The molecule has 0 aliphatic rings. The normalized spacial score (nSPS) is 12.9. The van der Waals surface area contributed by atoms with Crippen LogP contribution in [0.4, 0.5) is 8.78 Å². The lowest BCUT2D eigenvalue weighted by atomic mass is 9.95. The van der Waals surface area contributed by atoms with Crippen molar-refractivity contribution in [3.05, 3.63) is 36.3 Å². The molecular formula is C15H19F2N3O. The molecule has 114 valence electrons. The second-order valence-corrected chi connectivity index (χ2v) is 5.14.